The van der Waals surface area contributed by atoms with Gasteiger partial charge in [0.15, 0.2) is 0 Å². The highest BCUT2D eigenvalue weighted by Crippen LogP contribution is 2.41. The molecule has 2 rings (SSSR count). The van der Waals surface area contributed by atoms with Crippen LogP contribution in [0.5, 0.6) is 0 Å². The lowest BCUT2D eigenvalue weighted by atomic mass is 9.88. The highest BCUT2D eigenvalue weighted by molar-refractivity contribution is 5.70. The number of carboxylic acids is 1. The summed E-state index contributed by atoms with van der Waals surface area (Å²) in [6.07, 6.45) is 5.52. The first-order valence-electron chi connectivity index (χ1n) is 6.87. The van der Waals surface area contributed by atoms with Gasteiger partial charge in [-0.25, -0.2) is 0 Å². The van der Waals surface area contributed by atoms with Crippen LogP contribution in [0.15, 0.2) is 0 Å². The fraction of sp³-hybridized carbons (Fsp3) is 0.929. The van der Waals surface area contributed by atoms with Gasteiger partial charge in [-0.15, -0.1) is 0 Å². The molecular weight excluding hydrogens is 214 g/mol. The highest BCUT2D eigenvalue weighted by atomic mass is 16.4. The van der Waals surface area contributed by atoms with Gasteiger partial charge in [-0.3, -0.25) is 9.69 Å². The molecule has 0 bridgehead atoms. The molecule has 3 nitrogen and oxygen atoms in total. The topological polar surface area (TPSA) is 40.5 Å². The van der Waals surface area contributed by atoms with Crippen LogP contribution in [0.1, 0.15) is 52.9 Å². The minimum absolute atomic E-state index is 0.115. The Morgan fingerprint density at radius 3 is 2.53 bits per heavy atom. The molecule has 2 fully saturated rings. The first-order valence-corrected chi connectivity index (χ1v) is 6.87. The number of hydrogen-bond acceptors (Lipinski definition) is 2. The Hall–Kier alpha value is -0.570. The van der Waals surface area contributed by atoms with Gasteiger partial charge in [-0.05, 0) is 51.0 Å². The summed E-state index contributed by atoms with van der Waals surface area (Å²) in [5.41, 5.74) is 0.480. The van der Waals surface area contributed by atoms with Crippen molar-refractivity contribution in [3.8, 4) is 0 Å². The van der Waals surface area contributed by atoms with Crippen molar-refractivity contribution in [2.45, 2.75) is 65.0 Å². The van der Waals surface area contributed by atoms with Crippen molar-refractivity contribution in [2.24, 2.45) is 11.3 Å². The number of likely N-dealkylation sites (tertiary alicyclic amines) is 1. The van der Waals surface area contributed by atoms with Crippen LogP contribution in [0.4, 0.5) is 0 Å². The molecule has 0 radical (unpaired) electrons. The van der Waals surface area contributed by atoms with Crippen molar-refractivity contribution in [1.29, 1.82) is 0 Å². The number of piperidine rings is 1. The molecular formula is C14H25NO2. The minimum Gasteiger partial charge on any atom is -0.481 e. The van der Waals surface area contributed by atoms with Crippen LogP contribution in [0, 0.1) is 11.3 Å². The molecule has 1 saturated carbocycles. The van der Waals surface area contributed by atoms with E-state index >= 15 is 0 Å². The van der Waals surface area contributed by atoms with E-state index in [4.69, 9.17) is 5.11 Å². The molecule has 0 aromatic carbocycles. The molecule has 3 unspecified atom stereocenters. The van der Waals surface area contributed by atoms with E-state index in [1.165, 1.54) is 19.3 Å². The van der Waals surface area contributed by atoms with Gasteiger partial charge in [0.2, 0.25) is 0 Å². The SMILES string of the molecule is CC1CC(C(=O)O)CCN1C1CCC(C)(C)C1. The van der Waals surface area contributed by atoms with Crippen LogP contribution in [-0.2, 0) is 4.79 Å². The van der Waals surface area contributed by atoms with E-state index in [-0.39, 0.29) is 5.92 Å². The predicted molar refractivity (Wildman–Crippen MR) is 67.9 cm³/mol. The third kappa shape index (κ3) is 2.82. The second-order valence-electron chi connectivity index (χ2n) is 6.71. The largest absolute Gasteiger partial charge is 0.481 e. The molecule has 2 aliphatic rings. The molecule has 0 spiro atoms. The van der Waals surface area contributed by atoms with Crippen LogP contribution in [0.25, 0.3) is 0 Å². The van der Waals surface area contributed by atoms with E-state index in [2.05, 4.69) is 25.7 Å². The van der Waals surface area contributed by atoms with E-state index in [0.29, 0.717) is 17.5 Å². The first kappa shape index (κ1) is 12.9. The summed E-state index contributed by atoms with van der Waals surface area (Å²) >= 11 is 0. The summed E-state index contributed by atoms with van der Waals surface area (Å²) in [7, 11) is 0. The number of rotatable bonds is 2. The smallest absolute Gasteiger partial charge is 0.306 e. The molecule has 0 aromatic rings. The Kier molecular flexibility index (Phi) is 3.48. The van der Waals surface area contributed by atoms with Crippen LogP contribution in [-0.4, -0.2) is 34.6 Å². The molecule has 1 N–H and O–H groups in total. The second-order valence-corrected chi connectivity index (χ2v) is 6.71. The molecule has 1 saturated heterocycles. The van der Waals surface area contributed by atoms with Crippen LogP contribution in [0.3, 0.4) is 0 Å². The molecule has 0 amide bonds. The fourth-order valence-electron chi connectivity index (χ4n) is 3.64. The summed E-state index contributed by atoms with van der Waals surface area (Å²) in [6, 6.07) is 1.12. The van der Waals surface area contributed by atoms with Crippen molar-refractivity contribution in [3.05, 3.63) is 0 Å². The van der Waals surface area contributed by atoms with Crippen LogP contribution < -0.4 is 0 Å². The lowest BCUT2D eigenvalue weighted by Gasteiger charge is -2.40. The zero-order chi connectivity index (χ0) is 12.6. The Morgan fingerprint density at radius 2 is 2.06 bits per heavy atom. The molecule has 3 heteroatoms. The number of carbonyl (C=O) groups is 1. The number of nitrogens with zero attached hydrogens (tertiary/aromatic N) is 1. The van der Waals surface area contributed by atoms with Gasteiger partial charge >= 0.3 is 5.97 Å². The molecule has 3 atom stereocenters. The van der Waals surface area contributed by atoms with E-state index in [0.717, 1.165) is 19.4 Å². The van der Waals surface area contributed by atoms with E-state index in [1.807, 2.05) is 0 Å². The third-order valence-corrected chi connectivity index (χ3v) is 4.69. The molecule has 1 aliphatic carbocycles. The zero-order valence-electron chi connectivity index (χ0n) is 11.3. The van der Waals surface area contributed by atoms with E-state index < -0.39 is 5.97 Å². The van der Waals surface area contributed by atoms with Crippen molar-refractivity contribution in [2.75, 3.05) is 6.54 Å². The summed E-state index contributed by atoms with van der Waals surface area (Å²) < 4.78 is 0. The highest BCUT2D eigenvalue weighted by Gasteiger charge is 2.39. The number of hydrogen-bond donors (Lipinski definition) is 1. The first-order chi connectivity index (χ1) is 7.89. The Balaban J connectivity index is 1.94. The van der Waals surface area contributed by atoms with Gasteiger partial charge in [0.25, 0.3) is 0 Å². The van der Waals surface area contributed by atoms with Crippen molar-refractivity contribution < 1.29 is 9.90 Å². The van der Waals surface area contributed by atoms with Crippen LogP contribution in [0.2, 0.25) is 0 Å². The maximum absolute atomic E-state index is 11.0. The summed E-state index contributed by atoms with van der Waals surface area (Å²) in [4.78, 5) is 13.6. The molecule has 1 aliphatic heterocycles. The number of aliphatic carboxylic acids is 1. The van der Waals surface area contributed by atoms with Gasteiger partial charge in [0.05, 0.1) is 5.92 Å². The standard InChI is InChI=1S/C14H25NO2/c1-10-8-11(13(16)17)5-7-15(10)12-4-6-14(2,3)9-12/h10-12H,4-9H2,1-3H3,(H,16,17). The second kappa shape index (κ2) is 4.60. The maximum atomic E-state index is 11.0. The normalized spacial score (nSPS) is 38.2. The van der Waals surface area contributed by atoms with Gasteiger partial charge in [-0.1, -0.05) is 13.8 Å². The van der Waals surface area contributed by atoms with Gasteiger partial charge in [0, 0.05) is 12.1 Å². The lowest BCUT2D eigenvalue weighted by Crippen LogP contribution is -2.47. The van der Waals surface area contributed by atoms with Crippen molar-refractivity contribution in [3.63, 3.8) is 0 Å². The van der Waals surface area contributed by atoms with Gasteiger partial charge < -0.3 is 5.11 Å². The average Bonchev–Trinajstić information content (AvgIpc) is 2.58. The predicted octanol–water partition coefficient (Wildman–Crippen LogP) is 2.75. The summed E-state index contributed by atoms with van der Waals surface area (Å²) in [5.74, 6) is -0.723. The van der Waals surface area contributed by atoms with Gasteiger partial charge in [0.1, 0.15) is 0 Å². The zero-order valence-corrected chi connectivity index (χ0v) is 11.3. The van der Waals surface area contributed by atoms with E-state index in [1.54, 1.807) is 0 Å². The number of carboxylic acid groups (broad SMARTS) is 1. The van der Waals surface area contributed by atoms with E-state index in [9.17, 15) is 4.79 Å². The van der Waals surface area contributed by atoms with Crippen molar-refractivity contribution >= 4 is 5.97 Å². The maximum Gasteiger partial charge on any atom is 0.306 e. The van der Waals surface area contributed by atoms with Crippen LogP contribution >= 0.6 is 0 Å². The average molecular weight is 239 g/mol. The quantitative estimate of drug-likeness (QED) is 0.805. The minimum atomic E-state index is -0.608. The Bertz CT molecular complexity index is 301. The fourth-order valence-corrected chi connectivity index (χ4v) is 3.64. The Labute approximate surface area is 104 Å². The third-order valence-electron chi connectivity index (χ3n) is 4.69. The lowest BCUT2D eigenvalue weighted by molar-refractivity contribution is -0.144. The monoisotopic (exact) mass is 239 g/mol. The summed E-state index contributed by atoms with van der Waals surface area (Å²) in [5, 5.41) is 9.07. The molecule has 0 aromatic heterocycles. The van der Waals surface area contributed by atoms with Gasteiger partial charge in [-0.2, -0.15) is 0 Å². The molecule has 1 heterocycles. The van der Waals surface area contributed by atoms with Crippen molar-refractivity contribution in [1.82, 2.24) is 4.90 Å². The molecule has 17 heavy (non-hydrogen) atoms. The molecule has 98 valence electrons. The Morgan fingerprint density at radius 1 is 1.35 bits per heavy atom. The summed E-state index contributed by atoms with van der Waals surface area (Å²) in [6.45, 7) is 7.86.